The van der Waals surface area contributed by atoms with Crippen molar-refractivity contribution in [2.75, 3.05) is 32.4 Å². The van der Waals surface area contributed by atoms with Gasteiger partial charge in [0.25, 0.3) is 0 Å². The molecule has 0 aliphatic carbocycles. The molecule has 2 rings (SSSR count). The summed E-state index contributed by atoms with van der Waals surface area (Å²) in [6.07, 6.45) is 5.04. The minimum absolute atomic E-state index is 0.153. The summed E-state index contributed by atoms with van der Waals surface area (Å²) in [4.78, 5) is 14.7. The standard InChI is InChI=1S/C15H29N3O3S/c1-12-6-4-8-17(11-12)13(2)10-16-15(19)14-7-5-9-18(14)22(3,20)21/h12-14H,4-11H2,1-3H3,(H,16,19)/t12-,13-,14-/m1/s1. The lowest BCUT2D eigenvalue weighted by atomic mass is 9.99. The van der Waals surface area contributed by atoms with Crippen LogP contribution in [-0.2, 0) is 14.8 Å². The Morgan fingerprint density at radius 3 is 2.59 bits per heavy atom. The minimum atomic E-state index is -3.30. The molecular formula is C15H29N3O3S. The van der Waals surface area contributed by atoms with Gasteiger partial charge in [0.1, 0.15) is 6.04 Å². The van der Waals surface area contributed by atoms with Crippen LogP contribution in [0.25, 0.3) is 0 Å². The second-order valence-electron chi connectivity index (χ2n) is 6.87. The van der Waals surface area contributed by atoms with E-state index in [0.717, 1.165) is 19.5 Å². The Morgan fingerprint density at radius 1 is 1.27 bits per heavy atom. The lowest BCUT2D eigenvalue weighted by Gasteiger charge is -2.35. The summed E-state index contributed by atoms with van der Waals surface area (Å²) in [5, 5.41) is 2.95. The highest BCUT2D eigenvalue weighted by Gasteiger charge is 2.36. The van der Waals surface area contributed by atoms with Gasteiger partial charge in [-0.3, -0.25) is 9.69 Å². The van der Waals surface area contributed by atoms with Gasteiger partial charge in [-0.2, -0.15) is 4.31 Å². The number of hydrogen-bond donors (Lipinski definition) is 1. The van der Waals surface area contributed by atoms with Crippen molar-refractivity contribution < 1.29 is 13.2 Å². The number of carbonyl (C=O) groups excluding carboxylic acids is 1. The van der Waals surface area contributed by atoms with Gasteiger partial charge < -0.3 is 5.32 Å². The predicted molar refractivity (Wildman–Crippen MR) is 87.0 cm³/mol. The smallest absolute Gasteiger partial charge is 0.238 e. The fraction of sp³-hybridized carbons (Fsp3) is 0.933. The van der Waals surface area contributed by atoms with E-state index in [2.05, 4.69) is 24.1 Å². The summed E-state index contributed by atoms with van der Waals surface area (Å²) >= 11 is 0. The first-order chi connectivity index (χ1) is 10.3. The average Bonchev–Trinajstić information content (AvgIpc) is 2.94. The van der Waals surface area contributed by atoms with Gasteiger partial charge in [0.15, 0.2) is 0 Å². The molecule has 6 nitrogen and oxygen atoms in total. The maximum atomic E-state index is 12.3. The molecule has 0 saturated carbocycles. The molecule has 1 amide bonds. The van der Waals surface area contributed by atoms with Gasteiger partial charge in [0, 0.05) is 25.7 Å². The van der Waals surface area contributed by atoms with Gasteiger partial charge >= 0.3 is 0 Å². The van der Waals surface area contributed by atoms with Gasteiger partial charge in [-0.15, -0.1) is 0 Å². The molecule has 3 atom stereocenters. The zero-order valence-electron chi connectivity index (χ0n) is 13.9. The first kappa shape index (κ1) is 17.7. The molecule has 0 bridgehead atoms. The van der Waals surface area contributed by atoms with E-state index in [1.54, 1.807) is 0 Å². The minimum Gasteiger partial charge on any atom is -0.353 e. The molecule has 0 unspecified atom stereocenters. The van der Waals surface area contributed by atoms with E-state index < -0.39 is 16.1 Å². The SMILES string of the molecule is C[C@@H]1CCCN([C@H](C)CNC(=O)[C@H]2CCCN2S(C)(=O)=O)C1. The number of hydrogen-bond acceptors (Lipinski definition) is 4. The van der Waals surface area contributed by atoms with Crippen LogP contribution in [0.5, 0.6) is 0 Å². The average molecular weight is 331 g/mol. The topological polar surface area (TPSA) is 69.7 Å². The maximum absolute atomic E-state index is 12.3. The lowest BCUT2D eigenvalue weighted by molar-refractivity contribution is -0.124. The van der Waals surface area contributed by atoms with E-state index in [0.29, 0.717) is 31.5 Å². The quantitative estimate of drug-likeness (QED) is 0.803. The molecular weight excluding hydrogens is 302 g/mol. The first-order valence-corrected chi connectivity index (χ1v) is 10.1. The van der Waals surface area contributed by atoms with Crippen molar-refractivity contribution in [3.8, 4) is 0 Å². The molecule has 2 aliphatic rings. The summed E-state index contributed by atoms with van der Waals surface area (Å²) in [6, 6.07) is -0.234. The van der Waals surface area contributed by atoms with Gasteiger partial charge in [0.05, 0.1) is 6.26 Å². The summed E-state index contributed by atoms with van der Waals surface area (Å²) in [5.41, 5.74) is 0. The Hall–Kier alpha value is -0.660. The van der Waals surface area contributed by atoms with Crippen LogP contribution in [0.4, 0.5) is 0 Å². The summed E-state index contributed by atoms with van der Waals surface area (Å²) in [6.45, 7) is 7.59. The Balaban J connectivity index is 1.84. The molecule has 0 aromatic heterocycles. The zero-order chi connectivity index (χ0) is 16.3. The van der Waals surface area contributed by atoms with Crippen molar-refractivity contribution in [3.63, 3.8) is 0 Å². The van der Waals surface area contributed by atoms with Crippen LogP contribution in [0, 0.1) is 5.92 Å². The molecule has 0 aromatic rings. The third-order valence-electron chi connectivity index (χ3n) is 4.82. The van der Waals surface area contributed by atoms with Crippen LogP contribution in [-0.4, -0.2) is 68.0 Å². The van der Waals surface area contributed by atoms with Gasteiger partial charge in [0.2, 0.25) is 15.9 Å². The van der Waals surface area contributed by atoms with E-state index in [-0.39, 0.29) is 5.91 Å². The fourth-order valence-electron chi connectivity index (χ4n) is 3.52. The lowest BCUT2D eigenvalue weighted by Crippen LogP contribution is -2.50. The third kappa shape index (κ3) is 4.43. The zero-order valence-corrected chi connectivity index (χ0v) is 14.7. The monoisotopic (exact) mass is 331 g/mol. The van der Waals surface area contributed by atoms with Crippen molar-refractivity contribution in [3.05, 3.63) is 0 Å². The second kappa shape index (κ2) is 7.27. The van der Waals surface area contributed by atoms with Crippen LogP contribution in [0.2, 0.25) is 0 Å². The van der Waals surface area contributed by atoms with E-state index in [4.69, 9.17) is 0 Å². The van der Waals surface area contributed by atoms with Crippen LogP contribution in [0.15, 0.2) is 0 Å². The number of amides is 1. The highest BCUT2D eigenvalue weighted by Crippen LogP contribution is 2.21. The Morgan fingerprint density at radius 2 is 1.95 bits per heavy atom. The van der Waals surface area contributed by atoms with E-state index in [9.17, 15) is 13.2 Å². The molecule has 0 spiro atoms. The fourth-order valence-corrected chi connectivity index (χ4v) is 4.64. The van der Waals surface area contributed by atoms with Crippen molar-refractivity contribution in [2.24, 2.45) is 5.92 Å². The van der Waals surface area contributed by atoms with E-state index in [1.807, 2.05) is 0 Å². The van der Waals surface area contributed by atoms with Crippen LogP contribution < -0.4 is 5.32 Å². The third-order valence-corrected chi connectivity index (χ3v) is 6.10. The number of likely N-dealkylation sites (tertiary alicyclic amines) is 1. The number of nitrogens with zero attached hydrogens (tertiary/aromatic N) is 2. The highest BCUT2D eigenvalue weighted by molar-refractivity contribution is 7.88. The van der Waals surface area contributed by atoms with Gasteiger partial charge in [-0.1, -0.05) is 6.92 Å². The first-order valence-electron chi connectivity index (χ1n) is 8.27. The molecule has 0 aromatic carbocycles. The maximum Gasteiger partial charge on any atom is 0.238 e. The predicted octanol–water partition coefficient (Wildman–Crippen LogP) is 0.647. The number of rotatable bonds is 5. The van der Waals surface area contributed by atoms with Crippen LogP contribution >= 0.6 is 0 Å². The van der Waals surface area contributed by atoms with E-state index in [1.165, 1.54) is 23.4 Å². The number of carbonyl (C=O) groups is 1. The van der Waals surface area contributed by atoms with Crippen molar-refractivity contribution in [1.29, 1.82) is 0 Å². The molecule has 22 heavy (non-hydrogen) atoms. The van der Waals surface area contributed by atoms with Crippen molar-refractivity contribution in [2.45, 2.75) is 51.6 Å². The van der Waals surface area contributed by atoms with E-state index >= 15 is 0 Å². The molecule has 128 valence electrons. The number of piperidine rings is 1. The largest absolute Gasteiger partial charge is 0.353 e. The summed E-state index contributed by atoms with van der Waals surface area (Å²) < 4.78 is 24.7. The molecule has 1 N–H and O–H groups in total. The Bertz CT molecular complexity index is 494. The normalized spacial score (nSPS) is 29.4. The second-order valence-corrected chi connectivity index (χ2v) is 8.80. The van der Waals surface area contributed by atoms with Gasteiger partial charge in [-0.05, 0) is 45.1 Å². The van der Waals surface area contributed by atoms with Crippen molar-refractivity contribution >= 4 is 15.9 Å². The Labute approximate surface area is 134 Å². The molecule has 2 heterocycles. The molecule has 0 radical (unpaired) electrons. The Kier molecular flexibility index (Phi) is 5.85. The summed E-state index contributed by atoms with van der Waals surface area (Å²) in [7, 11) is -3.30. The molecule has 7 heteroatoms. The summed E-state index contributed by atoms with van der Waals surface area (Å²) in [5.74, 6) is 0.558. The van der Waals surface area contributed by atoms with Crippen molar-refractivity contribution in [1.82, 2.24) is 14.5 Å². The molecule has 2 aliphatic heterocycles. The number of sulfonamides is 1. The molecule has 2 fully saturated rings. The van der Waals surface area contributed by atoms with Gasteiger partial charge in [-0.25, -0.2) is 8.42 Å². The highest BCUT2D eigenvalue weighted by atomic mass is 32.2. The number of nitrogens with one attached hydrogen (secondary N) is 1. The van der Waals surface area contributed by atoms with Crippen LogP contribution in [0.1, 0.15) is 39.5 Å². The molecule has 2 saturated heterocycles. The van der Waals surface area contributed by atoms with Crippen LogP contribution in [0.3, 0.4) is 0 Å².